The molecular formula is C12H19N3O2. The van der Waals surface area contributed by atoms with Crippen molar-refractivity contribution in [2.45, 2.75) is 44.1 Å². The fourth-order valence-corrected chi connectivity index (χ4v) is 2.60. The van der Waals surface area contributed by atoms with Crippen LogP contribution in [0.5, 0.6) is 0 Å². The third kappa shape index (κ3) is 2.09. The number of nitrogens with zero attached hydrogens (tertiary/aromatic N) is 2. The van der Waals surface area contributed by atoms with Crippen LogP contribution in [0.1, 0.15) is 50.2 Å². The molecule has 3 heterocycles. The largest absolute Gasteiger partial charge is 0.381 e. The third-order valence-corrected chi connectivity index (χ3v) is 3.83. The molecule has 2 unspecified atom stereocenters. The number of hydrogen-bond acceptors (Lipinski definition) is 5. The molecule has 0 spiro atoms. The van der Waals surface area contributed by atoms with Gasteiger partial charge in [-0.05, 0) is 39.2 Å². The number of ether oxygens (including phenoxy) is 1. The molecule has 2 saturated heterocycles. The van der Waals surface area contributed by atoms with Crippen molar-refractivity contribution in [2.75, 3.05) is 19.8 Å². The first kappa shape index (κ1) is 11.2. The minimum atomic E-state index is -0.136. The molecule has 94 valence electrons. The monoisotopic (exact) mass is 237 g/mol. The molecule has 5 nitrogen and oxygen atoms in total. The zero-order chi connectivity index (χ0) is 11.7. The SMILES string of the molecule is CC1(c2nc(C3CCOC3)no2)CCCCN1. The molecule has 3 rings (SSSR count). The van der Waals surface area contributed by atoms with Crippen LogP contribution in [0, 0.1) is 0 Å². The fourth-order valence-electron chi connectivity index (χ4n) is 2.60. The van der Waals surface area contributed by atoms with Crippen LogP contribution < -0.4 is 5.32 Å². The lowest BCUT2D eigenvalue weighted by Crippen LogP contribution is -2.43. The van der Waals surface area contributed by atoms with Gasteiger partial charge in [-0.15, -0.1) is 0 Å². The van der Waals surface area contributed by atoms with Crippen molar-refractivity contribution in [3.63, 3.8) is 0 Å². The van der Waals surface area contributed by atoms with Crippen LogP contribution in [0.15, 0.2) is 4.52 Å². The second-order valence-electron chi connectivity index (χ2n) is 5.23. The Balaban J connectivity index is 1.78. The zero-order valence-corrected chi connectivity index (χ0v) is 10.2. The van der Waals surface area contributed by atoms with Gasteiger partial charge >= 0.3 is 0 Å². The molecule has 1 N–H and O–H groups in total. The molecular weight excluding hydrogens is 218 g/mol. The molecule has 2 atom stereocenters. The van der Waals surface area contributed by atoms with Gasteiger partial charge in [0.1, 0.15) is 0 Å². The van der Waals surface area contributed by atoms with Crippen molar-refractivity contribution in [1.29, 1.82) is 0 Å². The van der Waals surface area contributed by atoms with Gasteiger partial charge in [-0.1, -0.05) is 5.16 Å². The van der Waals surface area contributed by atoms with E-state index in [0.717, 1.165) is 44.3 Å². The highest BCUT2D eigenvalue weighted by molar-refractivity contribution is 5.06. The Kier molecular flexibility index (Phi) is 2.88. The standard InChI is InChI=1S/C12H19N3O2/c1-12(5-2-3-6-13-12)11-14-10(15-17-11)9-4-7-16-8-9/h9,13H,2-8H2,1H3. The summed E-state index contributed by atoms with van der Waals surface area (Å²) < 4.78 is 10.8. The number of piperidine rings is 1. The number of hydrogen-bond donors (Lipinski definition) is 1. The summed E-state index contributed by atoms with van der Waals surface area (Å²) in [6, 6.07) is 0. The summed E-state index contributed by atoms with van der Waals surface area (Å²) >= 11 is 0. The van der Waals surface area contributed by atoms with E-state index in [1.54, 1.807) is 0 Å². The predicted molar refractivity (Wildman–Crippen MR) is 61.7 cm³/mol. The number of aromatic nitrogens is 2. The second-order valence-corrected chi connectivity index (χ2v) is 5.23. The number of nitrogens with one attached hydrogen (secondary N) is 1. The van der Waals surface area contributed by atoms with Crippen molar-refractivity contribution in [3.8, 4) is 0 Å². The van der Waals surface area contributed by atoms with Crippen molar-refractivity contribution < 1.29 is 9.26 Å². The molecule has 2 aliphatic rings. The van der Waals surface area contributed by atoms with Gasteiger partial charge in [-0.2, -0.15) is 4.98 Å². The van der Waals surface area contributed by atoms with Crippen LogP contribution in [0.2, 0.25) is 0 Å². The third-order valence-electron chi connectivity index (χ3n) is 3.83. The first-order valence-electron chi connectivity index (χ1n) is 6.45. The Bertz CT molecular complexity index is 379. The highest BCUT2D eigenvalue weighted by atomic mass is 16.5. The molecule has 0 saturated carbocycles. The summed E-state index contributed by atoms with van der Waals surface area (Å²) in [7, 11) is 0. The van der Waals surface area contributed by atoms with E-state index < -0.39 is 0 Å². The highest BCUT2D eigenvalue weighted by Gasteiger charge is 2.35. The summed E-state index contributed by atoms with van der Waals surface area (Å²) in [4.78, 5) is 4.57. The Labute approximate surface area is 101 Å². The maximum atomic E-state index is 5.44. The molecule has 0 aliphatic carbocycles. The van der Waals surface area contributed by atoms with E-state index in [9.17, 15) is 0 Å². The van der Waals surface area contributed by atoms with Gasteiger partial charge in [0.15, 0.2) is 5.82 Å². The highest BCUT2D eigenvalue weighted by Crippen LogP contribution is 2.30. The van der Waals surface area contributed by atoms with Crippen LogP contribution in [0.3, 0.4) is 0 Å². The normalized spacial score (nSPS) is 34.1. The van der Waals surface area contributed by atoms with Gasteiger partial charge in [0.05, 0.1) is 12.1 Å². The van der Waals surface area contributed by atoms with E-state index in [1.807, 2.05) is 0 Å². The van der Waals surface area contributed by atoms with Gasteiger partial charge < -0.3 is 14.6 Å². The van der Waals surface area contributed by atoms with Crippen molar-refractivity contribution in [1.82, 2.24) is 15.5 Å². The van der Waals surface area contributed by atoms with Crippen LogP contribution in [0.4, 0.5) is 0 Å². The van der Waals surface area contributed by atoms with Crippen LogP contribution in [-0.2, 0) is 10.3 Å². The minimum Gasteiger partial charge on any atom is -0.381 e. The van der Waals surface area contributed by atoms with E-state index in [-0.39, 0.29) is 5.54 Å². The summed E-state index contributed by atoms with van der Waals surface area (Å²) in [6.07, 6.45) is 4.51. The minimum absolute atomic E-state index is 0.136. The Morgan fingerprint density at radius 1 is 1.41 bits per heavy atom. The smallest absolute Gasteiger partial charge is 0.246 e. The van der Waals surface area contributed by atoms with Crippen LogP contribution in [-0.4, -0.2) is 29.9 Å². The van der Waals surface area contributed by atoms with Crippen molar-refractivity contribution >= 4 is 0 Å². The van der Waals surface area contributed by atoms with Crippen LogP contribution >= 0.6 is 0 Å². The molecule has 1 aromatic rings. The average Bonchev–Trinajstić information content (AvgIpc) is 3.01. The summed E-state index contributed by atoms with van der Waals surface area (Å²) in [5.41, 5.74) is -0.136. The first-order valence-corrected chi connectivity index (χ1v) is 6.45. The maximum absolute atomic E-state index is 5.44. The van der Waals surface area contributed by atoms with E-state index in [0.29, 0.717) is 5.92 Å². The molecule has 0 radical (unpaired) electrons. The molecule has 1 aromatic heterocycles. The van der Waals surface area contributed by atoms with Gasteiger partial charge in [0.2, 0.25) is 5.89 Å². The van der Waals surface area contributed by atoms with Gasteiger partial charge in [-0.3, -0.25) is 0 Å². The second kappa shape index (κ2) is 4.38. The Hall–Kier alpha value is -0.940. The maximum Gasteiger partial charge on any atom is 0.246 e. The van der Waals surface area contributed by atoms with Gasteiger partial charge in [-0.25, -0.2) is 0 Å². The molecule has 0 amide bonds. The van der Waals surface area contributed by atoms with Crippen molar-refractivity contribution in [2.24, 2.45) is 0 Å². The molecule has 5 heteroatoms. The molecule has 2 fully saturated rings. The topological polar surface area (TPSA) is 60.2 Å². The van der Waals surface area contributed by atoms with Gasteiger partial charge in [0.25, 0.3) is 0 Å². The van der Waals surface area contributed by atoms with E-state index in [1.165, 1.54) is 12.8 Å². The van der Waals surface area contributed by atoms with E-state index >= 15 is 0 Å². The van der Waals surface area contributed by atoms with E-state index in [4.69, 9.17) is 9.26 Å². The van der Waals surface area contributed by atoms with E-state index in [2.05, 4.69) is 22.4 Å². The molecule has 0 aromatic carbocycles. The Morgan fingerprint density at radius 3 is 3.06 bits per heavy atom. The molecule has 2 aliphatic heterocycles. The van der Waals surface area contributed by atoms with Crippen molar-refractivity contribution in [3.05, 3.63) is 11.7 Å². The Morgan fingerprint density at radius 2 is 2.35 bits per heavy atom. The summed E-state index contributed by atoms with van der Waals surface area (Å²) in [6.45, 7) is 4.71. The molecule has 0 bridgehead atoms. The number of rotatable bonds is 2. The quantitative estimate of drug-likeness (QED) is 0.846. The lowest BCUT2D eigenvalue weighted by Gasteiger charge is -2.31. The fraction of sp³-hybridized carbons (Fsp3) is 0.833. The zero-order valence-electron chi connectivity index (χ0n) is 10.2. The average molecular weight is 237 g/mol. The summed E-state index contributed by atoms with van der Waals surface area (Å²) in [5.74, 6) is 1.87. The summed E-state index contributed by atoms with van der Waals surface area (Å²) in [5, 5.41) is 7.60. The lowest BCUT2D eigenvalue weighted by atomic mass is 9.91. The predicted octanol–water partition coefficient (Wildman–Crippen LogP) is 1.56. The molecule has 17 heavy (non-hydrogen) atoms. The van der Waals surface area contributed by atoms with Gasteiger partial charge in [0, 0.05) is 12.5 Å². The lowest BCUT2D eigenvalue weighted by molar-refractivity contribution is 0.192. The first-order chi connectivity index (χ1) is 8.28. The van der Waals surface area contributed by atoms with Crippen LogP contribution in [0.25, 0.3) is 0 Å².